The first-order valence-electron chi connectivity index (χ1n) is 10.0. The highest BCUT2D eigenvalue weighted by Gasteiger charge is 2.39. The van der Waals surface area contributed by atoms with E-state index in [0.717, 1.165) is 24.0 Å². The highest BCUT2D eigenvalue weighted by atomic mass is 16.5. The summed E-state index contributed by atoms with van der Waals surface area (Å²) >= 11 is 0. The molecule has 1 saturated heterocycles. The van der Waals surface area contributed by atoms with Crippen LogP contribution in [0.4, 0.5) is 4.79 Å². The largest absolute Gasteiger partial charge is 0.449 e. The summed E-state index contributed by atoms with van der Waals surface area (Å²) < 4.78 is 5.30. The SMILES string of the molecule is CC1(COC(=O)NCc2ccc3c(c2)C(=O)N(C2CCC(=O)NC2=O)C3)CCC1. The van der Waals surface area contributed by atoms with Gasteiger partial charge in [0, 0.05) is 30.5 Å². The van der Waals surface area contributed by atoms with Gasteiger partial charge in [0.05, 0.1) is 6.61 Å². The molecule has 1 saturated carbocycles. The number of fused-ring (bicyclic) bond motifs is 1. The molecule has 1 aliphatic carbocycles. The smallest absolute Gasteiger partial charge is 0.407 e. The van der Waals surface area contributed by atoms with E-state index < -0.39 is 18.0 Å². The molecule has 2 heterocycles. The molecule has 4 rings (SSSR count). The van der Waals surface area contributed by atoms with Crippen molar-refractivity contribution in [3.8, 4) is 0 Å². The maximum Gasteiger partial charge on any atom is 0.407 e. The van der Waals surface area contributed by atoms with Crippen molar-refractivity contribution in [2.24, 2.45) is 5.41 Å². The van der Waals surface area contributed by atoms with E-state index in [-0.39, 0.29) is 30.2 Å². The summed E-state index contributed by atoms with van der Waals surface area (Å²) in [5.74, 6) is -0.953. The third kappa shape index (κ3) is 3.97. The van der Waals surface area contributed by atoms with Gasteiger partial charge in [0.25, 0.3) is 5.91 Å². The quantitative estimate of drug-likeness (QED) is 0.736. The van der Waals surface area contributed by atoms with E-state index in [1.807, 2.05) is 12.1 Å². The van der Waals surface area contributed by atoms with Gasteiger partial charge in [-0.1, -0.05) is 25.5 Å². The average Bonchev–Trinajstić information content (AvgIpc) is 2.99. The van der Waals surface area contributed by atoms with Gasteiger partial charge >= 0.3 is 6.09 Å². The molecule has 2 aliphatic heterocycles. The molecule has 0 radical (unpaired) electrons. The lowest BCUT2D eigenvalue weighted by Crippen LogP contribution is -2.52. The zero-order valence-corrected chi connectivity index (χ0v) is 16.5. The van der Waals surface area contributed by atoms with Crippen molar-refractivity contribution >= 4 is 23.8 Å². The summed E-state index contributed by atoms with van der Waals surface area (Å²) in [4.78, 5) is 49.7. The molecule has 0 bridgehead atoms. The van der Waals surface area contributed by atoms with Crippen LogP contribution < -0.4 is 10.6 Å². The van der Waals surface area contributed by atoms with Crippen LogP contribution in [0.15, 0.2) is 18.2 Å². The zero-order valence-electron chi connectivity index (χ0n) is 16.5. The van der Waals surface area contributed by atoms with E-state index in [1.54, 1.807) is 6.07 Å². The number of nitrogens with zero attached hydrogens (tertiary/aromatic N) is 1. The Morgan fingerprint density at radius 3 is 2.79 bits per heavy atom. The van der Waals surface area contributed by atoms with Gasteiger partial charge in [-0.2, -0.15) is 0 Å². The maximum absolute atomic E-state index is 12.8. The molecule has 1 unspecified atom stereocenters. The number of rotatable bonds is 5. The monoisotopic (exact) mass is 399 g/mol. The second kappa shape index (κ2) is 7.50. The molecule has 1 aromatic carbocycles. The molecule has 154 valence electrons. The lowest BCUT2D eigenvalue weighted by atomic mass is 9.71. The number of carbonyl (C=O) groups is 4. The van der Waals surface area contributed by atoms with E-state index in [9.17, 15) is 19.2 Å². The van der Waals surface area contributed by atoms with Gasteiger partial charge in [0.15, 0.2) is 0 Å². The van der Waals surface area contributed by atoms with Gasteiger partial charge in [0.1, 0.15) is 6.04 Å². The highest BCUT2D eigenvalue weighted by Crippen LogP contribution is 2.40. The van der Waals surface area contributed by atoms with E-state index in [0.29, 0.717) is 25.1 Å². The van der Waals surface area contributed by atoms with Crippen LogP contribution in [0.3, 0.4) is 0 Å². The number of ether oxygens (including phenoxy) is 1. The molecule has 4 amide bonds. The van der Waals surface area contributed by atoms with E-state index in [4.69, 9.17) is 4.74 Å². The van der Waals surface area contributed by atoms with Crippen molar-refractivity contribution in [3.05, 3.63) is 34.9 Å². The van der Waals surface area contributed by atoms with Crippen LogP contribution in [0, 0.1) is 5.41 Å². The van der Waals surface area contributed by atoms with Crippen LogP contribution in [0.2, 0.25) is 0 Å². The summed E-state index contributed by atoms with van der Waals surface area (Å²) in [7, 11) is 0. The van der Waals surface area contributed by atoms with Crippen LogP contribution >= 0.6 is 0 Å². The molecule has 29 heavy (non-hydrogen) atoms. The lowest BCUT2D eigenvalue weighted by molar-refractivity contribution is -0.136. The third-order valence-electron chi connectivity index (χ3n) is 6.14. The first-order chi connectivity index (χ1) is 13.8. The summed E-state index contributed by atoms with van der Waals surface area (Å²) in [5, 5.41) is 5.02. The Balaban J connectivity index is 1.34. The molecule has 2 fully saturated rings. The van der Waals surface area contributed by atoms with Crippen molar-refractivity contribution in [2.45, 2.75) is 58.2 Å². The Labute approximate surface area is 169 Å². The molecular formula is C21H25N3O5. The van der Waals surface area contributed by atoms with Gasteiger partial charge < -0.3 is 15.0 Å². The second-order valence-electron chi connectivity index (χ2n) is 8.49. The molecular weight excluding hydrogens is 374 g/mol. The third-order valence-corrected chi connectivity index (χ3v) is 6.14. The topological polar surface area (TPSA) is 105 Å². The first-order valence-corrected chi connectivity index (χ1v) is 10.0. The average molecular weight is 399 g/mol. The molecule has 0 aromatic heterocycles. The van der Waals surface area contributed by atoms with E-state index in [2.05, 4.69) is 17.6 Å². The second-order valence-corrected chi connectivity index (χ2v) is 8.49. The van der Waals surface area contributed by atoms with Gasteiger partial charge in [-0.05, 0) is 36.5 Å². The fraction of sp³-hybridized carbons (Fsp3) is 0.524. The van der Waals surface area contributed by atoms with Crippen LogP contribution in [-0.4, -0.2) is 41.4 Å². The first kappa shape index (κ1) is 19.4. The van der Waals surface area contributed by atoms with Crippen molar-refractivity contribution in [1.29, 1.82) is 0 Å². The Morgan fingerprint density at radius 2 is 2.10 bits per heavy atom. The number of carbonyl (C=O) groups excluding carboxylic acids is 4. The summed E-state index contributed by atoms with van der Waals surface area (Å²) in [5.41, 5.74) is 2.26. The van der Waals surface area contributed by atoms with Crippen LogP contribution in [-0.2, 0) is 27.4 Å². The zero-order chi connectivity index (χ0) is 20.6. The molecule has 8 nitrogen and oxygen atoms in total. The summed E-state index contributed by atoms with van der Waals surface area (Å²) in [6.45, 7) is 3.13. The molecule has 0 spiro atoms. The number of alkyl carbamates (subject to hydrolysis) is 1. The molecule has 1 aromatic rings. The Kier molecular flexibility index (Phi) is 5.02. The van der Waals surface area contributed by atoms with Crippen LogP contribution in [0.1, 0.15) is 60.5 Å². The minimum Gasteiger partial charge on any atom is -0.449 e. The van der Waals surface area contributed by atoms with Crippen molar-refractivity contribution in [2.75, 3.05) is 6.61 Å². The molecule has 8 heteroatoms. The molecule has 1 atom stereocenters. The van der Waals surface area contributed by atoms with Crippen molar-refractivity contribution < 1.29 is 23.9 Å². The number of piperidine rings is 1. The van der Waals surface area contributed by atoms with Crippen molar-refractivity contribution in [1.82, 2.24) is 15.5 Å². The standard InChI is InChI=1S/C21H25N3O5/c1-21(7-2-8-21)12-29-20(28)22-10-13-3-4-14-11-24(19(27)15(14)9-13)16-5-6-17(25)23-18(16)26/h3-4,9,16H,2,5-8,10-12H2,1H3,(H,22,28)(H,23,25,26). The minimum atomic E-state index is -0.628. The fourth-order valence-electron chi connectivity index (χ4n) is 4.10. The predicted octanol–water partition coefficient (Wildman–Crippen LogP) is 1.86. The van der Waals surface area contributed by atoms with E-state index in [1.165, 1.54) is 11.3 Å². The number of hydrogen-bond acceptors (Lipinski definition) is 5. The number of benzene rings is 1. The number of nitrogens with one attached hydrogen (secondary N) is 2. The Bertz CT molecular complexity index is 877. The maximum atomic E-state index is 12.8. The number of imide groups is 1. The van der Waals surface area contributed by atoms with Crippen LogP contribution in [0.25, 0.3) is 0 Å². The number of hydrogen-bond donors (Lipinski definition) is 2. The highest BCUT2D eigenvalue weighted by molar-refractivity contribution is 6.05. The molecule has 2 N–H and O–H groups in total. The Hall–Kier alpha value is -2.90. The van der Waals surface area contributed by atoms with Crippen molar-refractivity contribution in [3.63, 3.8) is 0 Å². The minimum absolute atomic E-state index is 0.108. The van der Waals surface area contributed by atoms with Gasteiger partial charge in [-0.25, -0.2) is 4.79 Å². The lowest BCUT2D eigenvalue weighted by Gasteiger charge is -2.37. The van der Waals surface area contributed by atoms with Gasteiger partial charge in [-0.15, -0.1) is 0 Å². The predicted molar refractivity (Wildman–Crippen MR) is 103 cm³/mol. The molecule has 3 aliphatic rings. The Morgan fingerprint density at radius 1 is 1.31 bits per heavy atom. The van der Waals surface area contributed by atoms with Crippen LogP contribution in [0.5, 0.6) is 0 Å². The number of amides is 4. The summed E-state index contributed by atoms with van der Waals surface area (Å²) in [6, 6.07) is 4.82. The summed E-state index contributed by atoms with van der Waals surface area (Å²) in [6.07, 6.45) is 3.44. The van der Waals surface area contributed by atoms with Gasteiger partial charge in [-0.3, -0.25) is 19.7 Å². The van der Waals surface area contributed by atoms with E-state index >= 15 is 0 Å². The fourth-order valence-corrected chi connectivity index (χ4v) is 4.10. The van der Waals surface area contributed by atoms with Gasteiger partial charge in [0.2, 0.25) is 11.8 Å². The normalized spacial score (nSPS) is 22.6.